The van der Waals surface area contributed by atoms with Crippen LogP contribution >= 0.6 is 23.2 Å². The van der Waals surface area contributed by atoms with E-state index >= 15 is 0 Å². The van der Waals surface area contributed by atoms with Gasteiger partial charge in [-0.1, -0.05) is 23.2 Å². The van der Waals surface area contributed by atoms with Crippen LogP contribution in [0.2, 0.25) is 10.0 Å². The standard InChI is InChI=1S/C10H10Cl2N2O3/c1-5(15)13-4-9(16)14-6-2-7(11)10(17)8(12)3-6/h2-3,17H,4H2,1H3,(H,13,15)(H,14,16). The van der Waals surface area contributed by atoms with Crippen LogP contribution in [0.4, 0.5) is 5.69 Å². The molecule has 1 aromatic rings. The Labute approximate surface area is 108 Å². The Bertz CT molecular complexity index is 440. The number of phenols is 1. The number of carbonyl (C=O) groups excluding carboxylic acids is 2. The second-order valence-electron chi connectivity index (χ2n) is 3.25. The number of hydrogen-bond donors (Lipinski definition) is 3. The van der Waals surface area contributed by atoms with Gasteiger partial charge in [0.05, 0.1) is 16.6 Å². The second-order valence-corrected chi connectivity index (χ2v) is 4.06. The molecule has 0 heterocycles. The highest BCUT2D eigenvalue weighted by atomic mass is 35.5. The topological polar surface area (TPSA) is 78.4 Å². The Morgan fingerprint density at radius 3 is 2.29 bits per heavy atom. The lowest BCUT2D eigenvalue weighted by Gasteiger charge is -2.08. The number of rotatable bonds is 3. The quantitative estimate of drug-likeness (QED) is 0.737. The van der Waals surface area contributed by atoms with Gasteiger partial charge in [-0.2, -0.15) is 0 Å². The third kappa shape index (κ3) is 4.13. The molecule has 7 heteroatoms. The third-order valence-electron chi connectivity index (χ3n) is 1.80. The van der Waals surface area contributed by atoms with Crippen molar-refractivity contribution in [2.75, 3.05) is 11.9 Å². The van der Waals surface area contributed by atoms with Crippen molar-refractivity contribution in [3.63, 3.8) is 0 Å². The first-order chi connectivity index (χ1) is 7.90. The van der Waals surface area contributed by atoms with Crippen molar-refractivity contribution in [1.29, 1.82) is 0 Å². The minimum atomic E-state index is -0.418. The van der Waals surface area contributed by atoms with Gasteiger partial charge >= 0.3 is 0 Å². The van der Waals surface area contributed by atoms with Gasteiger partial charge in [-0.3, -0.25) is 9.59 Å². The molecule has 1 aromatic carbocycles. The SMILES string of the molecule is CC(=O)NCC(=O)Nc1cc(Cl)c(O)c(Cl)c1. The van der Waals surface area contributed by atoms with Crippen LogP contribution in [0.25, 0.3) is 0 Å². The Balaban J connectivity index is 2.69. The number of phenolic OH excluding ortho intramolecular Hbond substituents is 1. The van der Waals surface area contributed by atoms with Gasteiger partial charge in [-0.05, 0) is 12.1 Å². The Hall–Kier alpha value is -1.46. The first kappa shape index (κ1) is 13.6. The van der Waals surface area contributed by atoms with E-state index in [2.05, 4.69) is 10.6 Å². The lowest BCUT2D eigenvalue weighted by molar-refractivity contribution is -0.122. The van der Waals surface area contributed by atoms with Crippen LogP contribution in [0.5, 0.6) is 5.75 Å². The highest BCUT2D eigenvalue weighted by Crippen LogP contribution is 2.34. The van der Waals surface area contributed by atoms with Crippen molar-refractivity contribution in [2.24, 2.45) is 0 Å². The average molecular weight is 277 g/mol. The van der Waals surface area contributed by atoms with Crippen molar-refractivity contribution < 1.29 is 14.7 Å². The number of aromatic hydroxyl groups is 1. The molecule has 0 aliphatic heterocycles. The maximum atomic E-state index is 11.3. The zero-order valence-electron chi connectivity index (χ0n) is 8.88. The molecule has 17 heavy (non-hydrogen) atoms. The number of carbonyl (C=O) groups is 2. The van der Waals surface area contributed by atoms with E-state index < -0.39 is 5.91 Å². The van der Waals surface area contributed by atoms with Crippen molar-refractivity contribution in [3.05, 3.63) is 22.2 Å². The molecule has 0 saturated heterocycles. The van der Waals surface area contributed by atoms with E-state index in [0.717, 1.165) is 0 Å². The maximum absolute atomic E-state index is 11.3. The summed E-state index contributed by atoms with van der Waals surface area (Å²) in [6.07, 6.45) is 0. The van der Waals surface area contributed by atoms with Crippen molar-refractivity contribution in [3.8, 4) is 5.75 Å². The predicted octanol–water partition coefficient (Wildman–Crippen LogP) is 1.77. The van der Waals surface area contributed by atoms with Crippen LogP contribution in [-0.4, -0.2) is 23.5 Å². The lowest BCUT2D eigenvalue weighted by atomic mass is 10.3. The molecule has 5 nitrogen and oxygen atoms in total. The Morgan fingerprint density at radius 1 is 1.29 bits per heavy atom. The molecule has 0 radical (unpaired) electrons. The molecule has 0 atom stereocenters. The zero-order chi connectivity index (χ0) is 13.0. The summed E-state index contributed by atoms with van der Waals surface area (Å²) in [5.74, 6) is -0.965. The van der Waals surface area contributed by atoms with Crippen molar-refractivity contribution >= 4 is 40.7 Å². The molecule has 0 aliphatic carbocycles. The molecule has 92 valence electrons. The number of amides is 2. The smallest absolute Gasteiger partial charge is 0.243 e. The minimum Gasteiger partial charge on any atom is -0.505 e. The minimum absolute atomic E-state index is 0.0346. The summed E-state index contributed by atoms with van der Waals surface area (Å²) < 4.78 is 0. The molecular formula is C10H10Cl2N2O3. The van der Waals surface area contributed by atoms with E-state index in [0.29, 0.717) is 5.69 Å². The number of anilines is 1. The molecular weight excluding hydrogens is 267 g/mol. The third-order valence-corrected chi connectivity index (χ3v) is 2.37. The largest absolute Gasteiger partial charge is 0.505 e. The molecule has 0 aliphatic rings. The van der Waals surface area contributed by atoms with Crippen molar-refractivity contribution in [1.82, 2.24) is 5.32 Å². The summed E-state index contributed by atoms with van der Waals surface area (Å²) in [7, 11) is 0. The van der Waals surface area contributed by atoms with Gasteiger partial charge in [-0.25, -0.2) is 0 Å². The first-order valence-corrected chi connectivity index (χ1v) is 5.38. The highest BCUT2D eigenvalue weighted by molar-refractivity contribution is 6.37. The molecule has 1 rings (SSSR count). The number of hydrogen-bond acceptors (Lipinski definition) is 3. The van der Waals surface area contributed by atoms with Crippen molar-refractivity contribution in [2.45, 2.75) is 6.92 Å². The Kier molecular flexibility index (Phi) is 4.60. The van der Waals surface area contributed by atoms with Gasteiger partial charge in [-0.15, -0.1) is 0 Å². The molecule has 2 amide bonds. The van der Waals surface area contributed by atoms with Crippen LogP contribution in [0.3, 0.4) is 0 Å². The fourth-order valence-electron chi connectivity index (χ4n) is 1.05. The normalized spacial score (nSPS) is 9.82. The fraction of sp³-hybridized carbons (Fsp3) is 0.200. The molecule has 0 spiro atoms. The molecule has 0 unspecified atom stereocenters. The van der Waals surface area contributed by atoms with Crippen LogP contribution in [0.1, 0.15) is 6.92 Å². The van der Waals surface area contributed by atoms with Crippen LogP contribution < -0.4 is 10.6 Å². The summed E-state index contributed by atoms with van der Waals surface area (Å²) in [6, 6.07) is 2.71. The monoisotopic (exact) mass is 276 g/mol. The van der Waals surface area contributed by atoms with Gasteiger partial charge in [0, 0.05) is 12.6 Å². The van der Waals surface area contributed by atoms with E-state index in [1.807, 2.05) is 0 Å². The zero-order valence-corrected chi connectivity index (χ0v) is 10.4. The lowest BCUT2D eigenvalue weighted by Crippen LogP contribution is -2.31. The number of benzene rings is 1. The molecule has 3 N–H and O–H groups in total. The van der Waals surface area contributed by atoms with Gasteiger partial charge in [0.2, 0.25) is 11.8 Å². The average Bonchev–Trinajstić information content (AvgIpc) is 2.23. The molecule has 0 aromatic heterocycles. The summed E-state index contributed by atoms with van der Waals surface area (Å²) in [5.41, 5.74) is 0.341. The maximum Gasteiger partial charge on any atom is 0.243 e. The van der Waals surface area contributed by atoms with E-state index in [9.17, 15) is 14.7 Å². The van der Waals surface area contributed by atoms with E-state index in [4.69, 9.17) is 23.2 Å². The van der Waals surface area contributed by atoms with Gasteiger partial charge in [0.1, 0.15) is 0 Å². The van der Waals surface area contributed by atoms with E-state index in [1.165, 1.54) is 19.1 Å². The first-order valence-electron chi connectivity index (χ1n) is 4.62. The predicted molar refractivity (Wildman–Crippen MR) is 65.4 cm³/mol. The van der Waals surface area contributed by atoms with Gasteiger partial charge < -0.3 is 15.7 Å². The second kappa shape index (κ2) is 5.75. The fourth-order valence-corrected chi connectivity index (χ4v) is 1.53. The Morgan fingerprint density at radius 2 is 1.82 bits per heavy atom. The van der Waals surface area contributed by atoms with Gasteiger partial charge in [0.15, 0.2) is 5.75 Å². The molecule has 0 saturated carbocycles. The van der Waals surface area contributed by atoms with Crippen LogP contribution in [0.15, 0.2) is 12.1 Å². The number of nitrogens with one attached hydrogen (secondary N) is 2. The van der Waals surface area contributed by atoms with E-state index in [-0.39, 0.29) is 28.2 Å². The molecule has 0 bridgehead atoms. The summed E-state index contributed by atoms with van der Waals surface area (Å²) in [4.78, 5) is 21.9. The highest BCUT2D eigenvalue weighted by Gasteiger charge is 2.09. The summed E-state index contributed by atoms with van der Waals surface area (Å²) in [6.45, 7) is 1.16. The van der Waals surface area contributed by atoms with Crippen LogP contribution in [0, 0.1) is 0 Å². The van der Waals surface area contributed by atoms with E-state index in [1.54, 1.807) is 0 Å². The summed E-state index contributed by atoms with van der Waals surface area (Å²) >= 11 is 11.3. The van der Waals surface area contributed by atoms with Gasteiger partial charge in [0.25, 0.3) is 0 Å². The number of halogens is 2. The van der Waals surface area contributed by atoms with Crippen LogP contribution in [-0.2, 0) is 9.59 Å². The summed E-state index contributed by atoms with van der Waals surface area (Å²) in [5, 5.41) is 14.2. The molecule has 0 fully saturated rings.